The maximum absolute atomic E-state index is 3.27. The molecular weight excluding hydrogens is 332 g/mol. The summed E-state index contributed by atoms with van der Waals surface area (Å²) in [5.74, 6) is 0. The Bertz CT molecular complexity index is 258. The van der Waals surface area contributed by atoms with Gasteiger partial charge >= 0.3 is 0 Å². The maximum Gasteiger partial charge on any atom is 0 e. The van der Waals surface area contributed by atoms with Gasteiger partial charge in [-0.2, -0.15) is 18.1 Å². The van der Waals surface area contributed by atoms with Crippen molar-refractivity contribution in [3.05, 3.63) is 35.7 Å². The number of aryl methyl sites for hydroxylation is 1. The van der Waals surface area contributed by atoms with Gasteiger partial charge in [0.1, 0.15) is 0 Å². The van der Waals surface area contributed by atoms with Gasteiger partial charge in [0.05, 0.1) is 0 Å². The standard InChI is InChI=1S/C9H10N.C2H6.Re/c1-7-2-3-9-8(6-7)4-5-10-9;1-2;/h2-4,6,10H,5H2,1H3;1-2H3;/q-1;;. The fourth-order valence-electron chi connectivity index (χ4n) is 1.28. The Morgan fingerprint density at radius 3 is 2.69 bits per heavy atom. The number of rotatable bonds is 0. The van der Waals surface area contributed by atoms with Crippen molar-refractivity contribution in [2.24, 2.45) is 0 Å². The molecule has 1 nitrogen and oxygen atoms in total. The van der Waals surface area contributed by atoms with Gasteiger partial charge in [-0.15, -0.1) is 5.56 Å². The van der Waals surface area contributed by atoms with Crippen LogP contribution in [-0.4, -0.2) is 6.54 Å². The average Bonchev–Trinajstić information content (AvgIpc) is 2.54. The zero-order valence-corrected chi connectivity index (χ0v) is 11.1. The first-order chi connectivity index (χ1) is 5.86. The van der Waals surface area contributed by atoms with Crippen molar-refractivity contribution < 1.29 is 20.4 Å². The molecule has 2 rings (SSSR count). The van der Waals surface area contributed by atoms with Gasteiger partial charge < -0.3 is 5.32 Å². The van der Waals surface area contributed by atoms with E-state index in [1.807, 2.05) is 13.8 Å². The number of hydrogen-bond acceptors (Lipinski definition) is 1. The molecule has 0 saturated heterocycles. The Morgan fingerprint density at radius 2 is 2.00 bits per heavy atom. The van der Waals surface area contributed by atoms with E-state index in [0.29, 0.717) is 0 Å². The Kier molecular flexibility index (Phi) is 5.87. The van der Waals surface area contributed by atoms with Gasteiger partial charge in [-0.3, -0.25) is 0 Å². The van der Waals surface area contributed by atoms with Crippen LogP contribution < -0.4 is 5.32 Å². The Labute approximate surface area is 94.6 Å². The molecule has 1 aliphatic rings. The van der Waals surface area contributed by atoms with Gasteiger partial charge in [0, 0.05) is 20.4 Å². The van der Waals surface area contributed by atoms with E-state index in [1.165, 1.54) is 16.8 Å². The second kappa shape index (κ2) is 6.07. The van der Waals surface area contributed by atoms with Crippen molar-refractivity contribution >= 4 is 5.69 Å². The summed E-state index contributed by atoms with van der Waals surface area (Å²) in [6.07, 6.45) is 2.21. The zero-order valence-electron chi connectivity index (χ0n) is 8.39. The van der Waals surface area contributed by atoms with Crippen LogP contribution in [0, 0.1) is 13.3 Å². The van der Waals surface area contributed by atoms with Crippen LogP contribution in [0.1, 0.15) is 25.0 Å². The first kappa shape index (κ1) is 12.6. The van der Waals surface area contributed by atoms with E-state index in [-0.39, 0.29) is 20.4 Å². The van der Waals surface area contributed by atoms with Crippen LogP contribution >= 0.6 is 0 Å². The molecule has 2 heteroatoms. The van der Waals surface area contributed by atoms with Crippen LogP contribution in [-0.2, 0) is 20.4 Å². The van der Waals surface area contributed by atoms with Crippen LogP contribution in [0.4, 0.5) is 5.69 Å². The molecule has 13 heavy (non-hydrogen) atoms. The third-order valence-corrected chi connectivity index (χ3v) is 1.82. The largest absolute Gasteiger partial charge is 0.443 e. The number of nitrogens with one attached hydrogen (secondary N) is 1. The van der Waals surface area contributed by atoms with E-state index in [2.05, 4.69) is 36.9 Å². The summed E-state index contributed by atoms with van der Waals surface area (Å²) in [6, 6.07) is 6.47. The fraction of sp³-hybridized carbons (Fsp3) is 0.364. The molecule has 1 aromatic rings. The molecule has 0 aliphatic carbocycles. The van der Waals surface area contributed by atoms with Crippen molar-refractivity contribution in [1.29, 1.82) is 0 Å². The average molecular weight is 348 g/mol. The van der Waals surface area contributed by atoms with Gasteiger partial charge in [-0.1, -0.05) is 38.6 Å². The van der Waals surface area contributed by atoms with E-state index >= 15 is 0 Å². The topological polar surface area (TPSA) is 12.0 Å². The van der Waals surface area contributed by atoms with Gasteiger partial charge in [-0.25, -0.2) is 0 Å². The molecule has 0 unspecified atom stereocenters. The summed E-state index contributed by atoms with van der Waals surface area (Å²) in [5, 5.41) is 3.27. The van der Waals surface area contributed by atoms with Crippen molar-refractivity contribution in [3.8, 4) is 0 Å². The summed E-state index contributed by atoms with van der Waals surface area (Å²) in [6.45, 7) is 7.10. The second-order valence-electron chi connectivity index (χ2n) is 2.68. The molecule has 0 bridgehead atoms. The molecular formula is C11H16NRe-. The summed E-state index contributed by atoms with van der Waals surface area (Å²) < 4.78 is 0. The van der Waals surface area contributed by atoms with Gasteiger partial charge in [0.15, 0.2) is 0 Å². The quantitative estimate of drug-likeness (QED) is 0.711. The molecule has 1 radical (unpaired) electrons. The van der Waals surface area contributed by atoms with Crippen LogP contribution in [0.25, 0.3) is 0 Å². The minimum atomic E-state index is 0. The molecule has 0 spiro atoms. The van der Waals surface area contributed by atoms with Crippen LogP contribution in [0.2, 0.25) is 0 Å². The number of hydrogen-bond donors (Lipinski definition) is 1. The molecule has 0 aromatic heterocycles. The van der Waals surface area contributed by atoms with E-state index in [1.54, 1.807) is 0 Å². The summed E-state index contributed by atoms with van der Waals surface area (Å²) in [7, 11) is 0. The summed E-state index contributed by atoms with van der Waals surface area (Å²) in [4.78, 5) is 0. The predicted molar refractivity (Wildman–Crippen MR) is 54.4 cm³/mol. The second-order valence-corrected chi connectivity index (χ2v) is 2.68. The van der Waals surface area contributed by atoms with Crippen LogP contribution in [0.5, 0.6) is 0 Å². The summed E-state index contributed by atoms with van der Waals surface area (Å²) >= 11 is 0. The van der Waals surface area contributed by atoms with Gasteiger partial charge in [0.25, 0.3) is 0 Å². The van der Waals surface area contributed by atoms with Crippen LogP contribution in [0.15, 0.2) is 18.2 Å². The van der Waals surface area contributed by atoms with Crippen molar-refractivity contribution in [2.75, 3.05) is 11.9 Å². The normalized spacial score (nSPS) is 11.0. The minimum absolute atomic E-state index is 0. The molecule has 0 atom stereocenters. The first-order valence-electron chi connectivity index (χ1n) is 4.54. The van der Waals surface area contributed by atoms with E-state index in [0.717, 1.165) is 6.54 Å². The SMILES string of the molecule is CC.Cc1ccc2c(c1)[CH-]CN2.[Re]. The third kappa shape index (κ3) is 3.06. The smallest absolute Gasteiger partial charge is 0 e. The van der Waals surface area contributed by atoms with E-state index in [9.17, 15) is 0 Å². The molecule has 1 aromatic carbocycles. The molecule has 0 saturated carbocycles. The number of fused-ring (bicyclic) bond motifs is 1. The Morgan fingerprint density at radius 1 is 1.31 bits per heavy atom. The predicted octanol–water partition coefficient (Wildman–Crippen LogP) is 3.00. The van der Waals surface area contributed by atoms with Crippen LogP contribution in [0.3, 0.4) is 0 Å². The van der Waals surface area contributed by atoms with Gasteiger partial charge in [-0.05, 0) is 6.54 Å². The molecule has 73 valence electrons. The molecule has 1 aliphatic heterocycles. The van der Waals surface area contributed by atoms with Crippen molar-refractivity contribution in [2.45, 2.75) is 20.8 Å². The molecule has 1 N–H and O–H groups in total. The fourth-order valence-corrected chi connectivity index (χ4v) is 1.28. The van der Waals surface area contributed by atoms with Crippen molar-refractivity contribution in [3.63, 3.8) is 0 Å². The number of anilines is 1. The first-order valence-corrected chi connectivity index (χ1v) is 4.54. The molecule has 1 heterocycles. The van der Waals surface area contributed by atoms with E-state index < -0.39 is 0 Å². The summed E-state index contributed by atoms with van der Waals surface area (Å²) in [5.41, 5.74) is 3.95. The van der Waals surface area contributed by atoms with Crippen molar-refractivity contribution in [1.82, 2.24) is 0 Å². The van der Waals surface area contributed by atoms with Gasteiger partial charge in [0.2, 0.25) is 0 Å². The molecule has 0 fully saturated rings. The molecule has 0 amide bonds. The number of benzene rings is 1. The maximum atomic E-state index is 3.27. The zero-order chi connectivity index (χ0) is 8.97. The Balaban J connectivity index is 0.000000451. The Hall–Kier alpha value is -0.448. The third-order valence-electron chi connectivity index (χ3n) is 1.82. The minimum Gasteiger partial charge on any atom is -0.443 e. The monoisotopic (exact) mass is 349 g/mol. The van der Waals surface area contributed by atoms with E-state index in [4.69, 9.17) is 0 Å².